The zero-order chi connectivity index (χ0) is 12.5. The molecule has 2 aliphatic rings. The Labute approximate surface area is 110 Å². The first-order valence-corrected chi connectivity index (χ1v) is 7.30. The van der Waals surface area contributed by atoms with Crippen molar-refractivity contribution < 1.29 is 0 Å². The fraction of sp³-hybridized carbons (Fsp3) is 0.625. The zero-order valence-corrected chi connectivity index (χ0v) is 11.5. The van der Waals surface area contributed by atoms with Gasteiger partial charge in [-0.05, 0) is 24.3 Å². The number of nitrogens with one attached hydrogen (secondary N) is 1. The molecule has 0 radical (unpaired) electrons. The number of benzene rings is 1. The largest absolute Gasteiger partial charge is 0.311 e. The van der Waals surface area contributed by atoms with Crippen molar-refractivity contribution in [3.05, 3.63) is 35.9 Å². The summed E-state index contributed by atoms with van der Waals surface area (Å²) in [7, 11) is 0. The van der Waals surface area contributed by atoms with Crippen molar-refractivity contribution in [1.82, 2.24) is 10.2 Å². The molecule has 1 saturated carbocycles. The fourth-order valence-corrected chi connectivity index (χ4v) is 3.04. The normalized spacial score (nSPS) is 29.7. The number of hydrogen-bond donors (Lipinski definition) is 1. The van der Waals surface area contributed by atoms with Gasteiger partial charge in [0.25, 0.3) is 0 Å². The monoisotopic (exact) mass is 244 g/mol. The maximum Gasteiger partial charge on any atom is 0.0476 e. The third kappa shape index (κ3) is 2.45. The highest BCUT2D eigenvalue weighted by atomic mass is 15.3. The van der Waals surface area contributed by atoms with Crippen LogP contribution in [0.5, 0.6) is 0 Å². The molecule has 1 saturated heterocycles. The van der Waals surface area contributed by atoms with Crippen LogP contribution in [-0.4, -0.2) is 30.1 Å². The predicted molar refractivity (Wildman–Crippen MR) is 75.5 cm³/mol. The Bertz CT molecular complexity index is 383. The van der Waals surface area contributed by atoms with Gasteiger partial charge in [0, 0.05) is 31.2 Å². The lowest BCUT2D eigenvalue weighted by molar-refractivity contribution is 0.105. The average Bonchev–Trinajstić information content (AvgIpc) is 3.23. The highest BCUT2D eigenvalue weighted by molar-refractivity contribution is 5.21. The molecule has 18 heavy (non-hydrogen) atoms. The number of hydrogen-bond acceptors (Lipinski definition) is 2. The van der Waals surface area contributed by atoms with Crippen LogP contribution < -0.4 is 5.32 Å². The van der Waals surface area contributed by atoms with Crippen molar-refractivity contribution in [3.63, 3.8) is 0 Å². The van der Waals surface area contributed by atoms with Crippen LogP contribution in [0.1, 0.15) is 38.3 Å². The van der Waals surface area contributed by atoms with Gasteiger partial charge < -0.3 is 5.32 Å². The molecule has 0 bridgehead atoms. The van der Waals surface area contributed by atoms with Gasteiger partial charge in [0.1, 0.15) is 0 Å². The van der Waals surface area contributed by atoms with Crippen LogP contribution in [0.25, 0.3) is 0 Å². The summed E-state index contributed by atoms with van der Waals surface area (Å²) in [6.45, 7) is 6.96. The van der Waals surface area contributed by atoms with E-state index in [4.69, 9.17) is 0 Å². The van der Waals surface area contributed by atoms with Crippen LogP contribution in [0.15, 0.2) is 30.3 Å². The molecule has 2 nitrogen and oxygen atoms in total. The van der Waals surface area contributed by atoms with Crippen LogP contribution in [0.4, 0.5) is 0 Å². The first-order chi connectivity index (χ1) is 8.75. The fourth-order valence-electron chi connectivity index (χ4n) is 3.04. The van der Waals surface area contributed by atoms with Gasteiger partial charge in [-0.25, -0.2) is 0 Å². The van der Waals surface area contributed by atoms with Gasteiger partial charge in [-0.15, -0.1) is 0 Å². The lowest BCUT2D eigenvalue weighted by Gasteiger charge is -2.42. The molecule has 2 fully saturated rings. The van der Waals surface area contributed by atoms with Crippen molar-refractivity contribution in [2.45, 2.75) is 44.8 Å². The standard InChI is InChI=1S/C16H24N2/c1-12(2)15-11-18(14-8-9-14)16(10-17-15)13-6-4-3-5-7-13/h3-7,12,14-17H,8-11H2,1-2H3. The molecular formula is C16H24N2. The second-order valence-corrected chi connectivity index (χ2v) is 6.11. The van der Waals surface area contributed by atoms with Gasteiger partial charge in [-0.1, -0.05) is 44.2 Å². The Morgan fingerprint density at radius 1 is 1.17 bits per heavy atom. The van der Waals surface area contributed by atoms with E-state index in [-0.39, 0.29) is 0 Å². The Balaban J connectivity index is 1.78. The van der Waals surface area contributed by atoms with E-state index in [1.165, 1.54) is 24.9 Å². The lowest BCUT2D eigenvalue weighted by Crippen LogP contribution is -2.54. The summed E-state index contributed by atoms with van der Waals surface area (Å²) in [5.74, 6) is 0.725. The van der Waals surface area contributed by atoms with E-state index in [2.05, 4.69) is 54.4 Å². The van der Waals surface area contributed by atoms with Gasteiger partial charge in [0.15, 0.2) is 0 Å². The maximum atomic E-state index is 3.74. The first kappa shape index (κ1) is 12.2. The summed E-state index contributed by atoms with van der Waals surface area (Å²) < 4.78 is 0. The maximum absolute atomic E-state index is 3.74. The molecule has 1 heterocycles. The van der Waals surface area contributed by atoms with Crippen LogP contribution in [0, 0.1) is 5.92 Å². The van der Waals surface area contributed by atoms with Crippen molar-refractivity contribution in [1.29, 1.82) is 0 Å². The van der Waals surface area contributed by atoms with Crippen molar-refractivity contribution in [2.24, 2.45) is 5.92 Å². The van der Waals surface area contributed by atoms with Crippen LogP contribution in [0.3, 0.4) is 0 Å². The molecule has 0 amide bonds. The Hall–Kier alpha value is -0.860. The Morgan fingerprint density at radius 3 is 2.50 bits per heavy atom. The van der Waals surface area contributed by atoms with Gasteiger partial charge in [-0.3, -0.25) is 4.90 Å². The molecule has 0 aromatic heterocycles. The SMILES string of the molecule is CC(C)C1CN(C2CC2)C(c2ccccc2)CN1. The highest BCUT2D eigenvalue weighted by Crippen LogP contribution is 2.36. The Kier molecular flexibility index (Phi) is 3.40. The average molecular weight is 244 g/mol. The van der Waals surface area contributed by atoms with Gasteiger partial charge >= 0.3 is 0 Å². The smallest absolute Gasteiger partial charge is 0.0476 e. The van der Waals surface area contributed by atoms with E-state index in [9.17, 15) is 0 Å². The Morgan fingerprint density at radius 2 is 1.89 bits per heavy atom. The van der Waals surface area contributed by atoms with Gasteiger partial charge in [0.2, 0.25) is 0 Å². The molecule has 1 aliphatic heterocycles. The molecule has 0 spiro atoms. The van der Waals surface area contributed by atoms with E-state index in [1.807, 2.05) is 0 Å². The second-order valence-electron chi connectivity index (χ2n) is 6.11. The first-order valence-electron chi connectivity index (χ1n) is 7.30. The molecule has 1 aliphatic carbocycles. The molecule has 1 N–H and O–H groups in total. The topological polar surface area (TPSA) is 15.3 Å². The summed E-state index contributed by atoms with van der Waals surface area (Å²) in [4.78, 5) is 2.75. The quantitative estimate of drug-likeness (QED) is 0.879. The van der Waals surface area contributed by atoms with E-state index >= 15 is 0 Å². The minimum absolute atomic E-state index is 0.577. The van der Waals surface area contributed by atoms with E-state index in [0.29, 0.717) is 12.1 Å². The molecule has 2 heteroatoms. The van der Waals surface area contributed by atoms with E-state index < -0.39 is 0 Å². The summed E-state index contributed by atoms with van der Waals surface area (Å²) in [6.07, 6.45) is 2.79. The summed E-state index contributed by atoms with van der Waals surface area (Å²) >= 11 is 0. The van der Waals surface area contributed by atoms with Crippen LogP contribution in [-0.2, 0) is 0 Å². The minimum Gasteiger partial charge on any atom is -0.311 e. The third-order valence-corrected chi connectivity index (χ3v) is 4.39. The van der Waals surface area contributed by atoms with Crippen molar-refractivity contribution >= 4 is 0 Å². The van der Waals surface area contributed by atoms with E-state index in [0.717, 1.165) is 18.5 Å². The van der Waals surface area contributed by atoms with Crippen LogP contribution >= 0.6 is 0 Å². The third-order valence-electron chi connectivity index (χ3n) is 4.39. The molecule has 1 aromatic rings. The number of nitrogens with zero attached hydrogens (tertiary/aromatic N) is 1. The summed E-state index contributed by atoms with van der Waals surface area (Å²) in [5.41, 5.74) is 1.47. The number of piperazine rings is 1. The second kappa shape index (κ2) is 5.02. The summed E-state index contributed by atoms with van der Waals surface area (Å²) in [6, 6.07) is 13.1. The minimum atomic E-state index is 0.577. The molecule has 98 valence electrons. The van der Waals surface area contributed by atoms with Crippen LogP contribution in [0.2, 0.25) is 0 Å². The molecule has 2 atom stereocenters. The predicted octanol–water partition coefficient (Wildman–Crippen LogP) is 2.82. The van der Waals surface area contributed by atoms with Gasteiger partial charge in [0.05, 0.1) is 0 Å². The highest BCUT2D eigenvalue weighted by Gasteiger charge is 2.39. The van der Waals surface area contributed by atoms with Gasteiger partial charge in [-0.2, -0.15) is 0 Å². The van der Waals surface area contributed by atoms with E-state index in [1.54, 1.807) is 0 Å². The van der Waals surface area contributed by atoms with Crippen molar-refractivity contribution in [3.8, 4) is 0 Å². The molecule has 1 aromatic carbocycles. The molecule has 3 rings (SSSR count). The number of rotatable bonds is 3. The van der Waals surface area contributed by atoms with Crippen molar-refractivity contribution in [2.75, 3.05) is 13.1 Å². The zero-order valence-electron chi connectivity index (χ0n) is 11.5. The lowest BCUT2D eigenvalue weighted by atomic mass is 9.96. The molecular weight excluding hydrogens is 220 g/mol. The molecule has 2 unspecified atom stereocenters. The summed E-state index contributed by atoms with van der Waals surface area (Å²) in [5, 5.41) is 3.74.